The van der Waals surface area contributed by atoms with Crippen molar-refractivity contribution in [3.63, 3.8) is 0 Å². The normalized spacial score (nSPS) is 12.4. The molecule has 75 heavy (non-hydrogen) atoms. The highest BCUT2D eigenvalue weighted by atomic mass is 15.1. The standard InChI is InChI=1S/C73H50N2/c1-5-21-51(22-6-1)55-29-17-33-59(45-55)74(60-34-18-30-56(46-60)52-23-7-2-8-24-52)63-41-43-67-65-37-13-15-39-69(65)73(71(67)49-63)70-40-16-14-38-66(70)68-44-42-64(50-72(68)73)75(61-35-19-31-57(47-61)53-25-9-3-10-26-53)62-36-20-32-58(48-62)54-27-11-4-12-28-54/h1-50H. The molecule has 0 radical (unpaired) electrons. The van der Waals surface area contributed by atoms with Gasteiger partial charge < -0.3 is 9.80 Å². The molecule has 2 aliphatic carbocycles. The molecule has 2 nitrogen and oxygen atoms in total. The number of nitrogens with zero attached hydrogens (tertiary/aromatic N) is 2. The highest BCUT2D eigenvalue weighted by molar-refractivity contribution is 5.98. The van der Waals surface area contributed by atoms with E-state index in [1.807, 2.05) is 0 Å². The lowest BCUT2D eigenvalue weighted by Crippen LogP contribution is -2.26. The van der Waals surface area contributed by atoms with Crippen LogP contribution in [0.3, 0.4) is 0 Å². The molecule has 2 heteroatoms. The largest absolute Gasteiger partial charge is 0.310 e. The fraction of sp³-hybridized carbons (Fsp3) is 0.0137. The number of anilines is 6. The Hall–Kier alpha value is -9.76. The van der Waals surface area contributed by atoms with Crippen LogP contribution < -0.4 is 9.80 Å². The van der Waals surface area contributed by atoms with E-state index in [1.165, 1.54) is 89.0 Å². The fourth-order valence-corrected chi connectivity index (χ4v) is 12.1. The van der Waals surface area contributed by atoms with Crippen molar-refractivity contribution in [3.05, 3.63) is 326 Å². The van der Waals surface area contributed by atoms with E-state index >= 15 is 0 Å². The molecule has 2 aliphatic rings. The van der Waals surface area contributed by atoms with Crippen molar-refractivity contribution in [1.82, 2.24) is 0 Å². The van der Waals surface area contributed by atoms with Crippen LogP contribution in [-0.4, -0.2) is 0 Å². The first kappa shape index (κ1) is 44.0. The molecule has 14 rings (SSSR count). The van der Waals surface area contributed by atoms with Crippen LogP contribution in [0, 0.1) is 0 Å². The van der Waals surface area contributed by atoms with E-state index in [4.69, 9.17) is 0 Å². The molecular formula is C73H50N2. The first-order valence-electron chi connectivity index (χ1n) is 25.9. The number of benzene rings is 12. The van der Waals surface area contributed by atoms with E-state index in [9.17, 15) is 0 Å². The minimum Gasteiger partial charge on any atom is -0.310 e. The van der Waals surface area contributed by atoms with Crippen molar-refractivity contribution >= 4 is 34.1 Å². The van der Waals surface area contributed by atoms with Crippen LogP contribution >= 0.6 is 0 Å². The summed E-state index contributed by atoms with van der Waals surface area (Å²) in [7, 11) is 0. The number of rotatable bonds is 10. The van der Waals surface area contributed by atoms with Crippen molar-refractivity contribution < 1.29 is 0 Å². The second-order valence-electron chi connectivity index (χ2n) is 19.6. The van der Waals surface area contributed by atoms with Gasteiger partial charge in [-0.05, 0) is 162 Å². The Morgan fingerprint density at radius 3 is 0.747 bits per heavy atom. The van der Waals surface area contributed by atoms with Gasteiger partial charge >= 0.3 is 0 Å². The van der Waals surface area contributed by atoms with Crippen molar-refractivity contribution in [2.75, 3.05) is 9.80 Å². The predicted molar refractivity (Wildman–Crippen MR) is 314 cm³/mol. The molecule has 0 heterocycles. The fourth-order valence-electron chi connectivity index (χ4n) is 12.1. The van der Waals surface area contributed by atoms with Gasteiger partial charge in [-0.2, -0.15) is 0 Å². The monoisotopic (exact) mass is 954 g/mol. The molecule has 0 bridgehead atoms. The summed E-state index contributed by atoms with van der Waals surface area (Å²) in [6, 6.07) is 112. The smallest absolute Gasteiger partial charge is 0.0727 e. The van der Waals surface area contributed by atoms with Crippen LogP contribution in [0.25, 0.3) is 66.8 Å². The van der Waals surface area contributed by atoms with E-state index in [0.29, 0.717) is 0 Å². The van der Waals surface area contributed by atoms with Gasteiger partial charge in [0.1, 0.15) is 0 Å². The second kappa shape index (κ2) is 18.4. The maximum absolute atomic E-state index is 2.50. The Labute approximate surface area is 439 Å². The van der Waals surface area contributed by atoms with Gasteiger partial charge in [0.05, 0.1) is 5.41 Å². The first-order chi connectivity index (χ1) is 37.2. The minimum absolute atomic E-state index is 0.628. The third-order valence-corrected chi connectivity index (χ3v) is 15.4. The summed E-state index contributed by atoms with van der Waals surface area (Å²) >= 11 is 0. The Balaban J connectivity index is 0.998. The second-order valence-corrected chi connectivity index (χ2v) is 19.6. The van der Waals surface area contributed by atoms with Crippen LogP contribution in [0.5, 0.6) is 0 Å². The molecule has 12 aromatic rings. The van der Waals surface area contributed by atoms with Gasteiger partial charge in [0.25, 0.3) is 0 Å². The summed E-state index contributed by atoms with van der Waals surface area (Å²) < 4.78 is 0. The van der Waals surface area contributed by atoms with Crippen molar-refractivity contribution in [3.8, 4) is 66.8 Å². The molecule has 0 aromatic heterocycles. The van der Waals surface area contributed by atoms with Crippen molar-refractivity contribution in [1.29, 1.82) is 0 Å². The molecule has 0 N–H and O–H groups in total. The van der Waals surface area contributed by atoms with E-state index < -0.39 is 5.41 Å². The number of hydrogen-bond acceptors (Lipinski definition) is 2. The summed E-state index contributed by atoms with van der Waals surface area (Å²) in [5.41, 5.74) is 25.5. The zero-order valence-electron chi connectivity index (χ0n) is 41.3. The third-order valence-electron chi connectivity index (χ3n) is 15.4. The van der Waals surface area contributed by atoms with Crippen molar-refractivity contribution in [2.24, 2.45) is 0 Å². The molecule has 352 valence electrons. The minimum atomic E-state index is -0.628. The average Bonchev–Trinajstić information content (AvgIpc) is 4.09. The Morgan fingerprint density at radius 1 is 0.173 bits per heavy atom. The predicted octanol–water partition coefficient (Wildman–Crippen LogP) is 19.6. The lowest BCUT2D eigenvalue weighted by Gasteiger charge is -2.33. The lowest BCUT2D eigenvalue weighted by atomic mass is 9.70. The molecule has 0 fully saturated rings. The molecule has 0 aliphatic heterocycles. The molecule has 12 aromatic carbocycles. The van der Waals surface area contributed by atoms with Gasteiger partial charge in [0, 0.05) is 34.1 Å². The quantitative estimate of drug-likeness (QED) is 0.135. The average molecular weight is 955 g/mol. The highest BCUT2D eigenvalue weighted by Gasteiger charge is 2.52. The van der Waals surface area contributed by atoms with Crippen LogP contribution in [0.15, 0.2) is 303 Å². The Morgan fingerprint density at radius 2 is 0.427 bits per heavy atom. The van der Waals surface area contributed by atoms with Gasteiger partial charge in [-0.25, -0.2) is 0 Å². The molecule has 0 unspecified atom stereocenters. The zero-order valence-corrected chi connectivity index (χ0v) is 41.3. The Kier molecular flexibility index (Phi) is 10.8. The first-order valence-corrected chi connectivity index (χ1v) is 25.9. The van der Waals surface area contributed by atoms with Crippen LogP contribution in [0.1, 0.15) is 22.3 Å². The maximum Gasteiger partial charge on any atom is 0.0727 e. The highest BCUT2D eigenvalue weighted by Crippen LogP contribution is 2.64. The molecule has 1 spiro atoms. The maximum atomic E-state index is 2.50. The zero-order chi connectivity index (χ0) is 49.7. The van der Waals surface area contributed by atoms with Crippen LogP contribution in [0.4, 0.5) is 34.1 Å². The van der Waals surface area contributed by atoms with Gasteiger partial charge in [-0.3, -0.25) is 0 Å². The molecule has 0 amide bonds. The molecule has 0 saturated heterocycles. The summed E-state index contributed by atoms with van der Waals surface area (Å²) in [4.78, 5) is 4.91. The van der Waals surface area contributed by atoms with Crippen molar-refractivity contribution in [2.45, 2.75) is 5.41 Å². The van der Waals surface area contributed by atoms with E-state index in [2.05, 4.69) is 313 Å². The number of hydrogen-bond donors (Lipinski definition) is 0. The van der Waals surface area contributed by atoms with E-state index in [1.54, 1.807) is 0 Å². The van der Waals surface area contributed by atoms with Gasteiger partial charge in [0.15, 0.2) is 0 Å². The Bertz CT molecular complexity index is 3640. The van der Waals surface area contributed by atoms with Gasteiger partial charge in [0.2, 0.25) is 0 Å². The van der Waals surface area contributed by atoms with Gasteiger partial charge in [-0.1, -0.05) is 231 Å². The summed E-state index contributed by atoms with van der Waals surface area (Å²) in [5.74, 6) is 0. The summed E-state index contributed by atoms with van der Waals surface area (Å²) in [6.45, 7) is 0. The lowest BCUT2D eigenvalue weighted by molar-refractivity contribution is 0.793. The molecule has 0 atom stereocenters. The molecule has 0 saturated carbocycles. The van der Waals surface area contributed by atoms with Crippen LogP contribution in [-0.2, 0) is 5.41 Å². The SMILES string of the molecule is c1ccc(-c2cccc(N(c3cccc(-c4ccccc4)c3)c3ccc4c(c3)C3(c5ccccc5-4)c4ccccc4-c4ccc(N(c5cccc(-c6ccccc6)c5)c5cccc(-c6ccccc6)c5)cc43)c2)cc1. The number of fused-ring (bicyclic) bond motifs is 10. The molecular weight excluding hydrogens is 905 g/mol. The van der Waals surface area contributed by atoms with Gasteiger partial charge in [-0.15, -0.1) is 0 Å². The summed E-state index contributed by atoms with van der Waals surface area (Å²) in [6.07, 6.45) is 0. The summed E-state index contributed by atoms with van der Waals surface area (Å²) in [5, 5.41) is 0. The topological polar surface area (TPSA) is 6.48 Å². The third kappa shape index (κ3) is 7.49. The van der Waals surface area contributed by atoms with E-state index in [0.717, 1.165) is 34.1 Å². The van der Waals surface area contributed by atoms with E-state index in [-0.39, 0.29) is 0 Å². The van der Waals surface area contributed by atoms with Crippen LogP contribution in [0.2, 0.25) is 0 Å².